The van der Waals surface area contributed by atoms with E-state index in [0.29, 0.717) is 16.7 Å². The molecule has 30 heavy (non-hydrogen) atoms. The maximum atomic E-state index is 12.9. The number of benzene rings is 1. The molecule has 3 heterocycles. The summed E-state index contributed by atoms with van der Waals surface area (Å²) >= 11 is 3.06. The van der Waals surface area contributed by atoms with Gasteiger partial charge in [0.25, 0.3) is 0 Å². The zero-order chi connectivity index (χ0) is 21.3. The summed E-state index contributed by atoms with van der Waals surface area (Å²) in [5.41, 5.74) is 2.25. The van der Waals surface area contributed by atoms with Gasteiger partial charge in [0.05, 0.1) is 11.8 Å². The summed E-state index contributed by atoms with van der Waals surface area (Å²) in [7, 11) is 0. The lowest BCUT2D eigenvalue weighted by Gasteiger charge is -2.23. The minimum atomic E-state index is 0.0901. The fraction of sp³-hybridized carbons (Fsp3) is 0.409. The third kappa shape index (κ3) is 4.25. The Morgan fingerprint density at radius 1 is 1.23 bits per heavy atom. The van der Waals surface area contributed by atoms with Gasteiger partial charge in [0.2, 0.25) is 11.1 Å². The van der Waals surface area contributed by atoms with E-state index in [1.54, 1.807) is 11.3 Å². The van der Waals surface area contributed by atoms with E-state index in [-0.39, 0.29) is 17.4 Å². The Morgan fingerprint density at radius 3 is 2.67 bits per heavy atom. The molecule has 4 rings (SSSR count). The van der Waals surface area contributed by atoms with Gasteiger partial charge in [0.1, 0.15) is 0 Å². The average molecular weight is 442 g/mol. The van der Waals surface area contributed by atoms with Crippen LogP contribution in [0.4, 0.5) is 0 Å². The average Bonchev–Trinajstić information content (AvgIpc) is 3.46. The standard InChI is InChI=1S/C22H27N5OS2/c1-22(2,3)16-10-8-15(9-11-16)20-24-25-21(27(20)23)30-14-19(28)26-12-4-6-17(26)18-7-5-13-29-18/h5,7-11,13,17H,4,6,12,14,23H2,1-3H3. The van der Waals surface area contributed by atoms with Gasteiger partial charge in [-0.25, -0.2) is 4.68 Å². The maximum Gasteiger partial charge on any atom is 0.233 e. The van der Waals surface area contributed by atoms with E-state index < -0.39 is 0 Å². The van der Waals surface area contributed by atoms with Crippen molar-refractivity contribution in [3.05, 3.63) is 52.2 Å². The lowest BCUT2D eigenvalue weighted by atomic mass is 9.87. The summed E-state index contributed by atoms with van der Waals surface area (Å²) in [5, 5.41) is 11.1. The van der Waals surface area contributed by atoms with Crippen LogP contribution in [0.5, 0.6) is 0 Å². The van der Waals surface area contributed by atoms with Crippen LogP contribution < -0.4 is 5.84 Å². The monoisotopic (exact) mass is 441 g/mol. The van der Waals surface area contributed by atoms with Crippen LogP contribution in [-0.2, 0) is 10.2 Å². The van der Waals surface area contributed by atoms with E-state index in [2.05, 4.69) is 54.5 Å². The number of carbonyl (C=O) groups is 1. The molecule has 1 aromatic carbocycles. The van der Waals surface area contributed by atoms with Gasteiger partial charge in [0, 0.05) is 17.0 Å². The molecule has 2 N–H and O–H groups in total. The highest BCUT2D eigenvalue weighted by atomic mass is 32.2. The quantitative estimate of drug-likeness (QED) is 0.467. The number of aromatic nitrogens is 3. The number of nitrogens with two attached hydrogens (primary N) is 1. The number of hydrogen-bond acceptors (Lipinski definition) is 6. The van der Waals surface area contributed by atoms with Gasteiger partial charge in [-0.2, -0.15) is 0 Å². The SMILES string of the molecule is CC(C)(C)c1ccc(-c2nnc(SCC(=O)N3CCCC3c3cccs3)n2N)cc1. The van der Waals surface area contributed by atoms with Gasteiger partial charge in [0.15, 0.2) is 5.82 Å². The van der Waals surface area contributed by atoms with Crippen LogP contribution in [0.2, 0.25) is 0 Å². The van der Waals surface area contributed by atoms with Gasteiger partial charge < -0.3 is 10.7 Å². The van der Waals surface area contributed by atoms with Crippen molar-refractivity contribution in [2.45, 2.75) is 50.2 Å². The Hall–Kier alpha value is -2.32. The molecular formula is C22H27N5OS2. The first-order valence-electron chi connectivity index (χ1n) is 10.1. The number of nitrogen functional groups attached to an aromatic ring is 1. The first-order chi connectivity index (χ1) is 14.3. The minimum Gasteiger partial charge on any atom is -0.335 e. The number of amides is 1. The summed E-state index contributed by atoms with van der Waals surface area (Å²) in [6.45, 7) is 7.36. The van der Waals surface area contributed by atoms with E-state index in [9.17, 15) is 4.79 Å². The molecule has 0 saturated carbocycles. The highest BCUT2D eigenvalue weighted by Gasteiger charge is 2.30. The van der Waals surface area contributed by atoms with Crippen molar-refractivity contribution in [2.75, 3.05) is 18.1 Å². The smallest absolute Gasteiger partial charge is 0.233 e. The van der Waals surface area contributed by atoms with Crippen LogP contribution in [0, 0.1) is 0 Å². The first-order valence-corrected chi connectivity index (χ1v) is 12.0. The van der Waals surface area contributed by atoms with Crippen molar-refractivity contribution in [3.8, 4) is 11.4 Å². The molecule has 1 unspecified atom stereocenters. The lowest BCUT2D eigenvalue weighted by Crippen LogP contribution is -2.31. The molecule has 158 valence electrons. The Morgan fingerprint density at radius 2 is 2.00 bits per heavy atom. The van der Waals surface area contributed by atoms with Crippen LogP contribution in [0.3, 0.4) is 0 Å². The number of likely N-dealkylation sites (tertiary alicyclic amines) is 1. The largest absolute Gasteiger partial charge is 0.335 e. The van der Waals surface area contributed by atoms with Gasteiger partial charge in [-0.15, -0.1) is 21.5 Å². The zero-order valence-corrected chi connectivity index (χ0v) is 19.2. The maximum absolute atomic E-state index is 12.9. The molecule has 1 aliphatic rings. The van der Waals surface area contributed by atoms with E-state index >= 15 is 0 Å². The third-order valence-electron chi connectivity index (χ3n) is 5.44. The fourth-order valence-corrected chi connectivity index (χ4v) is 5.36. The molecule has 0 spiro atoms. The van der Waals surface area contributed by atoms with Crippen LogP contribution in [-0.4, -0.2) is 38.0 Å². The number of thiophene rings is 1. The molecule has 0 radical (unpaired) electrons. The van der Waals surface area contributed by atoms with Gasteiger partial charge >= 0.3 is 0 Å². The Balaban J connectivity index is 1.43. The van der Waals surface area contributed by atoms with Gasteiger partial charge in [-0.3, -0.25) is 4.79 Å². The van der Waals surface area contributed by atoms with Crippen LogP contribution >= 0.6 is 23.1 Å². The predicted octanol–water partition coefficient (Wildman–Crippen LogP) is 4.47. The summed E-state index contributed by atoms with van der Waals surface area (Å²) in [6, 6.07) is 12.6. The van der Waals surface area contributed by atoms with Gasteiger partial charge in [-0.05, 0) is 35.3 Å². The topological polar surface area (TPSA) is 77.0 Å². The molecular weight excluding hydrogens is 414 g/mol. The van der Waals surface area contributed by atoms with Crippen molar-refractivity contribution in [2.24, 2.45) is 0 Å². The number of rotatable bonds is 5. The zero-order valence-electron chi connectivity index (χ0n) is 17.5. The normalized spacial score (nSPS) is 16.9. The molecule has 3 aromatic rings. The Bertz CT molecular complexity index is 1010. The fourth-order valence-electron chi connectivity index (χ4n) is 3.74. The second-order valence-corrected chi connectivity index (χ2v) is 10.5. The van der Waals surface area contributed by atoms with Crippen LogP contribution in [0.25, 0.3) is 11.4 Å². The van der Waals surface area contributed by atoms with E-state index in [4.69, 9.17) is 5.84 Å². The minimum absolute atomic E-state index is 0.0901. The molecule has 0 aliphatic carbocycles. The van der Waals surface area contributed by atoms with Crippen LogP contribution in [0.15, 0.2) is 46.9 Å². The predicted molar refractivity (Wildman–Crippen MR) is 123 cm³/mol. The highest BCUT2D eigenvalue weighted by Crippen LogP contribution is 2.35. The van der Waals surface area contributed by atoms with Gasteiger partial charge in [-0.1, -0.05) is 62.9 Å². The molecule has 1 fully saturated rings. The summed E-state index contributed by atoms with van der Waals surface area (Å²) in [6.07, 6.45) is 2.07. The second-order valence-electron chi connectivity index (χ2n) is 8.55. The van der Waals surface area contributed by atoms with Crippen LogP contribution in [0.1, 0.15) is 50.1 Å². The number of nitrogens with zero attached hydrogens (tertiary/aromatic N) is 4. The molecule has 1 aliphatic heterocycles. The number of carbonyl (C=O) groups excluding carboxylic acids is 1. The Labute approximate surface area is 185 Å². The summed E-state index contributed by atoms with van der Waals surface area (Å²) in [4.78, 5) is 16.1. The number of hydrogen-bond donors (Lipinski definition) is 1. The van der Waals surface area contributed by atoms with Crippen molar-refractivity contribution < 1.29 is 4.79 Å². The van der Waals surface area contributed by atoms with E-state index in [0.717, 1.165) is 24.9 Å². The summed E-state index contributed by atoms with van der Waals surface area (Å²) in [5.74, 6) is 7.28. The highest BCUT2D eigenvalue weighted by molar-refractivity contribution is 7.99. The van der Waals surface area contributed by atoms with Crippen molar-refractivity contribution in [1.29, 1.82) is 0 Å². The Kier molecular flexibility index (Phi) is 5.88. The number of thioether (sulfide) groups is 1. The summed E-state index contributed by atoms with van der Waals surface area (Å²) < 4.78 is 1.48. The molecule has 1 amide bonds. The molecule has 1 saturated heterocycles. The second kappa shape index (κ2) is 8.43. The van der Waals surface area contributed by atoms with Crippen molar-refractivity contribution in [3.63, 3.8) is 0 Å². The molecule has 0 bridgehead atoms. The lowest BCUT2D eigenvalue weighted by molar-refractivity contribution is -0.129. The first kappa shape index (κ1) is 20.9. The van der Waals surface area contributed by atoms with E-state index in [1.807, 2.05) is 23.1 Å². The molecule has 8 heteroatoms. The van der Waals surface area contributed by atoms with Crippen molar-refractivity contribution >= 4 is 29.0 Å². The third-order valence-corrected chi connectivity index (χ3v) is 7.34. The molecule has 2 aromatic heterocycles. The molecule has 6 nitrogen and oxygen atoms in total. The van der Waals surface area contributed by atoms with E-state index in [1.165, 1.54) is 26.9 Å². The molecule has 1 atom stereocenters. The van der Waals surface area contributed by atoms with Crippen molar-refractivity contribution in [1.82, 2.24) is 19.8 Å².